The van der Waals surface area contributed by atoms with E-state index in [4.69, 9.17) is 28.5 Å². The van der Waals surface area contributed by atoms with E-state index in [0.717, 1.165) is 21.9 Å². The third kappa shape index (κ3) is 8.93. The highest BCUT2D eigenvalue weighted by Gasteiger charge is 2.40. The number of halogens is 1. The number of nitrogens with one attached hydrogen (secondary N) is 5. The molecule has 0 aliphatic carbocycles. The van der Waals surface area contributed by atoms with E-state index in [2.05, 4.69) is 21.3 Å². The van der Waals surface area contributed by atoms with Gasteiger partial charge in [0.05, 0.1) is 12.1 Å². The number of guanidine groups is 1. The second kappa shape index (κ2) is 15.7. The Bertz CT molecular complexity index is 1500. The van der Waals surface area contributed by atoms with Crippen LogP contribution < -0.4 is 32.7 Å². The number of benzene rings is 3. The summed E-state index contributed by atoms with van der Waals surface area (Å²) in [6.45, 7) is 2.39. The molecule has 0 bridgehead atoms. The van der Waals surface area contributed by atoms with Crippen molar-refractivity contribution in [2.45, 2.75) is 62.8 Å². The van der Waals surface area contributed by atoms with E-state index in [1.54, 1.807) is 24.1 Å². The normalized spacial score (nSPS) is 18.8. The summed E-state index contributed by atoms with van der Waals surface area (Å²) in [7, 11) is 1.56. The standard InChI is InChI=1S/C33H43ClN8O3/c1-3-27(41-33(36)37)29-32(45)42(28(31(44)38-2)18-21-8-11-22-6-4-5-7-23(22)16-21)15-14-25(40-29)19-39-30(43)26(35)17-20-9-12-24(34)13-10-20/h4-13,16,25-29,40H,3,14-15,17-19,35H2,1-2H3,(H,38,44)(H,39,43)(H4,36,37,41)/t25-,26+,27?,28+,29+/m1/s1. The molecular formula is C33H43ClN8O3. The van der Waals surface area contributed by atoms with E-state index in [9.17, 15) is 14.4 Å². The van der Waals surface area contributed by atoms with Crippen molar-refractivity contribution in [1.29, 1.82) is 5.41 Å². The fourth-order valence-electron chi connectivity index (χ4n) is 5.79. The molecule has 4 rings (SSSR count). The maximum atomic E-state index is 14.2. The van der Waals surface area contributed by atoms with E-state index >= 15 is 0 Å². The van der Waals surface area contributed by atoms with Crippen LogP contribution in [0.2, 0.25) is 5.02 Å². The molecule has 1 heterocycles. The van der Waals surface area contributed by atoms with E-state index in [1.807, 2.05) is 61.5 Å². The first-order valence-corrected chi connectivity index (χ1v) is 15.6. The average molecular weight is 635 g/mol. The molecule has 5 atom stereocenters. The monoisotopic (exact) mass is 634 g/mol. The van der Waals surface area contributed by atoms with Crippen LogP contribution in [0.25, 0.3) is 10.8 Å². The topological polar surface area (TPSA) is 178 Å². The number of hydrogen-bond acceptors (Lipinski definition) is 6. The number of nitrogens with zero attached hydrogens (tertiary/aromatic N) is 1. The highest BCUT2D eigenvalue weighted by molar-refractivity contribution is 6.30. The molecule has 0 aromatic heterocycles. The van der Waals surface area contributed by atoms with Gasteiger partial charge in [0, 0.05) is 37.6 Å². The van der Waals surface area contributed by atoms with Crippen molar-refractivity contribution in [2.75, 3.05) is 20.1 Å². The van der Waals surface area contributed by atoms with E-state index in [0.29, 0.717) is 30.7 Å². The minimum atomic E-state index is -0.810. The number of rotatable bonds is 12. The number of fused-ring (bicyclic) bond motifs is 1. The fraction of sp³-hybridized carbons (Fsp3) is 0.394. The SMILES string of the molecule is CCC(NC(=N)N)[C@@H]1N[C@@H](CNC(=O)[C@@H](N)Cc2ccc(Cl)cc2)CCN([C@@H](Cc2ccc3ccccc3c2)C(=O)NC)C1=O. The zero-order valence-electron chi connectivity index (χ0n) is 25.7. The first-order valence-electron chi connectivity index (χ1n) is 15.2. The minimum absolute atomic E-state index is 0.219. The van der Waals surface area contributed by atoms with Gasteiger partial charge in [-0.2, -0.15) is 0 Å². The molecule has 11 nitrogen and oxygen atoms in total. The number of likely N-dealkylation sites (N-methyl/N-ethyl adjacent to an activating group) is 1. The Morgan fingerprint density at radius 2 is 1.73 bits per heavy atom. The van der Waals surface area contributed by atoms with Crippen LogP contribution in [0.15, 0.2) is 66.7 Å². The molecule has 1 aliphatic rings. The Morgan fingerprint density at radius 1 is 1.04 bits per heavy atom. The average Bonchev–Trinajstić information content (AvgIpc) is 3.20. The lowest BCUT2D eigenvalue weighted by molar-refractivity contribution is -0.141. The molecule has 3 aromatic carbocycles. The highest BCUT2D eigenvalue weighted by atomic mass is 35.5. The molecule has 1 saturated heterocycles. The molecule has 0 spiro atoms. The predicted octanol–water partition coefficient (Wildman–Crippen LogP) is 1.66. The van der Waals surface area contributed by atoms with Gasteiger partial charge in [-0.05, 0) is 53.3 Å². The van der Waals surface area contributed by atoms with Gasteiger partial charge in [0.25, 0.3) is 0 Å². The van der Waals surface area contributed by atoms with Crippen LogP contribution in [0.5, 0.6) is 0 Å². The van der Waals surface area contributed by atoms with Crippen molar-refractivity contribution in [1.82, 2.24) is 26.2 Å². The largest absolute Gasteiger partial charge is 0.370 e. The van der Waals surface area contributed by atoms with Gasteiger partial charge in [-0.25, -0.2) is 0 Å². The molecule has 1 aliphatic heterocycles. The van der Waals surface area contributed by atoms with Gasteiger partial charge < -0.3 is 32.3 Å². The van der Waals surface area contributed by atoms with Gasteiger partial charge in [0.15, 0.2) is 5.96 Å². The lowest BCUT2D eigenvalue weighted by Gasteiger charge is -2.34. The molecule has 45 heavy (non-hydrogen) atoms. The van der Waals surface area contributed by atoms with Crippen LogP contribution >= 0.6 is 11.6 Å². The molecule has 0 radical (unpaired) electrons. The maximum absolute atomic E-state index is 14.2. The van der Waals surface area contributed by atoms with Gasteiger partial charge in [-0.1, -0.05) is 73.1 Å². The van der Waals surface area contributed by atoms with Gasteiger partial charge >= 0.3 is 0 Å². The zero-order valence-corrected chi connectivity index (χ0v) is 26.4. The van der Waals surface area contributed by atoms with Gasteiger partial charge in [0.1, 0.15) is 12.1 Å². The molecule has 0 saturated carbocycles. The molecule has 1 fully saturated rings. The lowest BCUT2D eigenvalue weighted by atomic mass is 9.98. The van der Waals surface area contributed by atoms with E-state index in [-0.39, 0.29) is 42.8 Å². The summed E-state index contributed by atoms with van der Waals surface area (Å²) in [5.74, 6) is -1.13. The molecule has 12 heteroatoms. The Kier molecular flexibility index (Phi) is 11.8. The van der Waals surface area contributed by atoms with Gasteiger partial charge in [-0.15, -0.1) is 0 Å². The number of nitrogens with two attached hydrogens (primary N) is 2. The summed E-state index contributed by atoms with van der Waals surface area (Å²) >= 11 is 5.97. The maximum Gasteiger partial charge on any atom is 0.242 e. The summed E-state index contributed by atoms with van der Waals surface area (Å²) in [6.07, 6.45) is 1.62. The third-order valence-corrected chi connectivity index (χ3v) is 8.51. The summed E-state index contributed by atoms with van der Waals surface area (Å²) in [5.41, 5.74) is 13.7. The summed E-state index contributed by atoms with van der Waals surface area (Å²) in [6, 6.07) is 18.0. The van der Waals surface area contributed by atoms with Crippen LogP contribution in [-0.4, -0.2) is 78.9 Å². The third-order valence-electron chi connectivity index (χ3n) is 8.26. The highest BCUT2D eigenvalue weighted by Crippen LogP contribution is 2.21. The Balaban J connectivity index is 1.54. The van der Waals surface area contributed by atoms with Gasteiger partial charge in [-0.3, -0.25) is 25.1 Å². The molecule has 3 amide bonds. The van der Waals surface area contributed by atoms with Crippen LogP contribution in [0.1, 0.15) is 30.9 Å². The van der Waals surface area contributed by atoms with Crippen LogP contribution in [-0.2, 0) is 27.2 Å². The smallest absolute Gasteiger partial charge is 0.242 e. The van der Waals surface area contributed by atoms with E-state index < -0.39 is 24.2 Å². The molecular weight excluding hydrogens is 592 g/mol. The van der Waals surface area contributed by atoms with Crippen molar-refractivity contribution in [3.8, 4) is 0 Å². The number of hydrogen-bond donors (Lipinski definition) is 7. The van der Waals surface area contributed by atoms with Crippen LogP contribution in [0.4, 0.5) is 0 Å². The molecule has 9 N–H and O–H groups in total. The molecule has 3 aromatic rings. The Morgan fingerprint density at radius 3 is 2.40 bits per heavy atom. The summed E-state index contributed by atoms with van der Waals surface area (Å²) in [5, 5.41) is 22.5. The lowest BCUT2D eigenvalue weighted by Crippen LogP contribution is -2.62. The summed E-state index contributed by atoms with van der Waals surface area (Å²) in [4.78, 5) is 42.1. The second-order valence-electron chi connectivity index (χ2n) is 11.4. The Hall–Kier alpha value is -4.19. The Labute approximate surface area is 268 Å². The second-order valence-corrected chi connectivity index (χ2v) is 11.9. The number of amides is 3. The number of carbonyl (C=O) groups excluding carboxylic acids is 3. The van der Waals surface area contributed by atoms with Crippen molar-refractivity contribution in [3.05, 3.63) is 82.9 Å². The summed E-state index contributed by atoms with van der Waals surface area (Å²) < 4.78 is 0. The van der Waals surface area contributed by atoms with Gasteiger partial charge in [0.2, 0.25) is 17.7 Å². The first kappa shape index (κ1) is 33.7. The predicted molar refractivity (Wildman–Crippen MR) is 178 cm³/mol. The minimum Gasteiger partial charge on any atom is -0.370 e. The van der Waals surface area contributed by atoms with Crippen LogP contribution in [0, 0.1) is 5.41 Å². The fourth-order valence-corrected chi connectivity index (χ4v) is 5.92. The van der Waals surface area contributed by atoms with Crippen molar-refractivity contribution in [3.63, 3.8) is 0 Å². The van der Waals surface area contributed by atoms with E-state index in [1.165, 1.54) is 0 Å². The van der Waals surface area contributed by atoms with Crippen LogP contribution in [0.3, 0.4) is 0 Å². The molecule has 1 unspecified atom stereocenters. The van der Waals surface area contributed by atoms with Crippen molar-refractivity contribution >= 4 is 46.1 Å². The van der Waals surface area contributed by atoms with Crippen molar-refractivity contribution in [2.24, 2.45) is 11.5 Å². The number of carbonyl (C=O) groups is 3. The van der Waals surface area contributed by atoms with Crippen molar-refractivity contribution < 1.29 is 14.4 Å². The quantitative estimate of drug-likeness (QED) is 0.117. The molecule has 240 valence electrons. The first-order chi connectivity index (χ1) is 21.6. The zero-order chi connectivity index (χ0) is 32.5.